The summed E-state index contributed by atoms with van der Waals surface area (Å²) < 4.78 is 12.9. The quantitative estimate of drug-likeness (QED) is 0.285. The molecule has 4 aromatic rings. The number of imidazole rings is 1. The normalized spacial score (nSPS) is 18.3. The van der Waals surface area contributed by atoms with E-state index in [0.717, 1.165) is 80.2 Å². The van der Waals surface area contributed by atoms with Gasteiger partial charge in [-0.25, -0.2) is 9.78 Å². The molecule has 6 rings (SSSR count). The second-order valence-electron chi connectivity index (χ2n) is 10.2. The summed E-state index contributed by atoms with van der Waals surface area (Å²) >= 11 is 5.96. The Balaban J connectivity index is 1.09. The molecule has 2 aliphatic heterocycles. The van der Waals surface area contributed by atoms with Crippen LogP contribution in [0.25, 0.3) is 11.0 Å². The number of hydrogen-bond donors (Lipinski definition) is 0. The van der Waals surface area contributed by atoms with E-state index in [4.69, 9.17) is 30.9 Å². The zero-order valence-electron chi connectivity index (χ0n) is 22.0. The molecule has 204 valence electrons. The lowest BCUT2D eigenvalue weighted by Gasteiger charge is -2.32. The highest BCUT2D eigenvalue weighted by Gasteiger charge is 2.26. The van der Waals surface area contributed by atoms with Crippen molar-refractivity contribution >= 4 is 28.6 Å². The first-order valence-electron chi connectivity index (χ1n) is 13.4. The van der Waals surface area contributed by atoms with Crippen molar-refractivity contribution in [1.82, 2.24) is 24.4 Å². The van der Waals surface area contributed by atoms with Crippen LogP contribution in [0.4, 0.5) is 0 Å². The van der Waals surface area contributed by atoms with Gasteiger partial charge in [-0.2, -0.15) is 0 Å². The van der Waals surface area contributed by atoms with E-state index in [1.54, 1.807) is 10.9 Å². The summed E-state index contributed by atoms with van der Waals surface area (Å²) in [7, 11) is 1.40. The van der Waals surface area contributed by atoms with Crippen LogP contribution < -0.4 is 4.84 Å². The van der Waals surface area contributed by atoms with Gasteiger partial charge in [0.2, 0.25) is 0 Å². The van der Waals surface area contributed by atoms with Gasteiger partial charge in [0.25, 0.3) is 0 Å². The Kier molecular flexibility index (Phi) is 7.54. The van der Waals surface area contributed by atoms with Crippen molar-refractivity contribution in [3.63, 3.8) is 0 Å². The molecule has 2 fully saturated rings. The zero-order chi connectivity index (χ0) is 26.8. The average Bonchev–Trinajstić information content (AvgIpc) is 3.54. The fourth-order valence-electron chi connectivity index (χ4n) is 5.29. The lowest BCUT2D eigenvalue weighted by atomic mass is 9.94. The maximum atomic E-state index is 12.1. The van der Waals surface area contributed by atoms with E-state index < -0.39 is 0 Å². The predicted octanol–water partition coefficient (Wildman–Crippen LogP) is 4.47. The van der Waals surface area contributed by atoms with E-state index in [1.807, 2.05) is 42.6 Å². The van der Waals surface area contributed by atoms with E-state index in [9.17, 15) is 4.79 Å². The molecule has 1 atom stereocenters. The van der Waals surface area contributed by atoms with Crippen LogP contribution in [0.3, 0.4) is 0 Å². The number of halogens is 1. The third-order valence-corrected chi connectivity index (χ3v) is 7.91. The van der Waals surface area contributed by atoms with Gasteiger partial charge >= 0.3 is 5.97 Å². The number of hydrogen-bond acceptors (Lipinski definition) is 7. The van der Waals surface area contributed by atoms with Crippen molar-refractivity contribution in [3.05, 3.63) is 82.4 Å². The van der Waals surface area contributed by atoms with Crippen LogP contribution in [0.5, 0.6) is 0 Å². The second-order valence-corrected chi connectivity index (χ2v) is 10.6. The Bertz CT molecular complexity index is 1440. The molecule has 9 nitrogen and oxygen atoms in total. The summed E-state index contributed by atoms with van der Waals surface area (Å²) in [5, 5.41) is 5.39. The Labute approximate surface area is 232 Å². The number of methoxy groups -OCH3 is 1. The van der Waals surface area contributed by atoms with Gasteiger partial charge in [-0.3, -0.25) is 4.90 Å². The molecule has 0 bridgehead atoms. The number of carbonyl (C=O) groups excluding carboxylic acids is 1. The summed E-state index contributed by atoms with van der Waals surface area (Å²) in [5.74, 6) is 1.05. The largest absolute Gasteiger partial charge is 0.465 e. The molecule has 0 radical (unpaired) electrons. The SMILES string of the molecule is COC(=O)c1ccc2nc(CN3CCC(c4ccn(OCc5ccc(Cl)cc5)n4)CC3)n(C[C@@H]3CCO3)c2c1. The molecule has 0 aliphatic carbocycles. The maximum absolute atomic E-state index is 12.1. The lowest BCUT2D eigenvalue weighted by Crippen LogP contribution is -2.35. The third kappa shape index (κ3) is 5.80. The van der Waals surface area contributed by atoms with Crippen LogP contribution in [0.2, 0.25) is 5.02 Å². The number of nitrogens with zero attached hydrogens (tertiary/aromatic N) is 5. The Morgan fingerprint density at radius 1 is 1.10 bits per heavy atom. The molecule has 4 heterocycles. The molecule has 2 aliphatic rings. The Morgan fingerprint density at radius 2 is 1.90 bits per heavy atom. The number of rotatable bonds is 9. The van der Waals surface area contributed by atoms with Crippen LogP contribution in [0, 0.1) is 0 Å². The average molecular weight is 550 g/mol. The van der Waals surface area contributed by atoms with Gasteiger partial charge in [0.05, 0.1) is 54.8 Å². The molecule has 0 spiro atoms. The van der Waals surface area contributed by atoms with E-state index >= 15 is 0 Å². The first-order valence-corrected chi connectivity index (χ1v) is 13.8. The molecule has 2 saturated heterocycles. The van der Waals surface area contributed by atoms with Gasteiger partial charge in [-0.15, -0.1) is 9.94 Å². The van der Waals surface area contributed by atoms with Crippen molar-refractivity contribution in [3.8, 4) is 0 Å². The third-order valence-electron chi connectivity index (χ3n) is 7.66. The van der Waals surface area contributed by atoms with Crippen LogP contribution in [0.1, 0.15) is 52.6 Å². The molecular weight excluding hydrogens is 518 g/mol. The molecule has 39 heavy (non-hydrogen) atoms. The van der Waals surface area contributed by atoms with Gasteiger partial charge in [-0.1, -0.05) is 23.7 Å². The van der Waals surface area contributed by atoms with Crippen LogP contribution >= 0.6 is 11.6 Å². The first kappa shape index (κ1) is 25.9. The van der Waals surface area contributed by atoms with E-state index in [0.29, 0.717) is 23.1 Å². The molecule has 0 saturated carbocycles. The Morgan fingerprint density at radius 3 is 2.62 bits per heavy atom. The van der Waals surface area contributed by atoms with Crippen molar-refractivity contribution in [2.75, 3.05) is 26.8 Å². The number of fused-ring (bicyclic) bond motifs is 1. The van der Waals surface area contributed by atoms with Crippen molar-refractivity contribution in [1.29, 1.82) is 0 Å². The monoisotopic (exact) mass is 549 g/mol. The number of benzene rings is 2. The van der Waals surface area contributed by atoms with E-state index in [-0.39, 0.29) is 12.1 Å². The molecule has 2 aromatic carbocycles. The second kappa shape index (κ2) is 11.4. The van der Waals surface area contributed by atoms with Gasteiger partial charge < -0.3 is 18.9 Å². The molecule has 0 unspecified atom stereocenters. The molecular formula is C29H32ClN5O4. The number of esters is 1. The van der Waals surface area contributed by atoms with Crippen molar-refractivity contribution < 1.29 is 19.1 Å². The number of likely N-dealkylation sites (tertiary alicyclic amines) is 1. The van der Waals surface area contributed by atoms with Crippen molar-refractivity contribution in [2.45, 2.75) is 51.0 Å². The standard InChI is InChI=1S/C29H32ClN5O4/c1-37-29(36)22-4-7-26-27(16-22)34(17-24-11-15-38-24)28(31-26)18-33-12-8-21(9-13-33)25-10-14-35(32-25)39-19-20-2-5-23(30)6-3-20/h2-7,10,14,16,21,24H,8-9,11-13,15,17-19H2,1H3/t24-/m0/s1. The summed E-state index contributed by atoms with van der Waals surface area (Å²) in [6.07, 6.45) is 5.15. The highest BCUT2D eigenvalue weighted by atomic mass is 35.5. The molecule has 0 N–H and O–H groups in total. The van der Waals surface area contributed by atoms with E-state index in [2.05, 4.69) is 20.6 Å². The molecule has 10 heteroatoms. The number of carbonyl (C=O) groups is 1. The molecule has 0 amide bonds. The first-order chi connectivity index (χ1) is 19.1. The van der Waals surface area contributed by atoms with Crippen LogP contribution in [-0.2, 0) is 29.2 Å². The minimum absolute atomic E-state index is 0.186. The zero-order valence-corrected chi connectivity index (χ0v) is 22.7. The summed E-state index contributed by atoms with van der Waals surface area (Å²) in [5.41, 5.74) is 4.47. The van der Waals surface area contributed by atoms with Gasteiger partial charge in [0.15, 0.2) is 0 Å². The summed E-state index contributed by atoms with van der Waals surface area (Å²) in [6.45, 7) is 4.64. The minimum Gasteiger partial charge on any atom is -0.465 e. The van der Waals surface area contributed by atoms with Gasteiger partial charge in [-0.05, 0) is 74.3 Å². The highest BCUT2D eigenvalue weighted by Crippen LogP contribution is 2.29. The topological polar surface area (TPSA) is 83.6 Å². The van der Waals surface area contributed by atoms with E-state index in [1.165, 1.54) is 7.11 Å². The predicted molar refractivity (Wildman–Crippen MR) is 147 cm³/mol. The Hall–Kier alpha value is -3.40. The molecule has 2 aromatic heterocycles. The number of ether oxygens (including phenoxy) is 2. The van der Waals surface area contributed by atoms with Gasteiger partial charge in [0.1, 0.15) is 12.4 Å². The summed E-state index contributed by atoms with van der Waals surface area (Å²) in [6, 6.07) is 15.2. The smallest absolute Gasteiger partial charge is 0.337 e. The summed E-state index contributed by atoms with van der Waals surface area (Å²) in [4.78, 5) is 26.9. The number of aromatic nitrogens is 4. The fraction of sp³-hybridized carbons (Fsp3) is 0.414. The lowest BCUT2D eigenvalue weighted by molar-refractivity contribution is -0.0592. The van der Waals surface area contributed by atoms with Gasteiger partial charge in [0, 0.05) is 17.5 Å². The highest BCUT2D eigenvalue weighted by molar-refractivity contribution is 6.30. The maximum Gasteiger partial charge on any atom is 0.337 e. The van der Waals surface area contributed by atoms with Crippen molar-refractivity contribution in [2.24, 2.45) is 0 Å². The fourth-order valence-corrected chi connectivity index (χ4v) is 5.42. The minimum atomic E-state index is -0.342. The van der Waals surface area contributed by atoms with Crippen LogP contribution in [0.15, 0.2) is 54.7 Å². The number of piperidine rings is 1. The van der Waals surface area contributed by atoms with Crippen LogP contribution in [-0.4, -0.2) is 63.3 Å².